The fourth-order valence-electron chi connectivity index (χ4n) is 3.37. The van der Waals surface area contributed by atoms with Gasteiger partial charge in [0, 0.05) is 31.7 Å². The molecule has 3 atom stereocenters. The summed E-state index contributed by atoms with van der Waals surface area (Å²) >= 11 is 0. The number of benzene rings is 1. The molecule has 3 unspecified atom stereocenters. The van der Waals surface area contributed by atoms with Gasteiger partial charge in [-0.25, -0.2) is 0 Å². The number of nitrogens with one attached hydrogen (secondary N) is 1. The quantitative estimate of drug-likeness (QED) is 0.847. The molecule has 1 aliphatic rings. The highest BCUT2D eigenvalue weighted by Gasteiger charge is 2.28. The maximum absolute atomic E-state index is 3.73. The summed E-state index contributed by atoms with van der Waals surface area (Å²) in [5.41, 5.74) is 1.43. The van der Waals surface area contributed by atoms with Crippen molar-refractivity contribution in [3.8, 4) is 0 Å². The third-order valence-electron chi connectivity index (χ3n) is 4.53. The number of hydrogen-bond donors (Lipinski definition) is 1. The summed E-state index contributed by atoms with van der Waals surface area (Å²) in [6.45, 7) is 10.5. The first-order valence-electron chi connectivity index (χ1n) is 8.27. The molecular weight excluding hydrogens is 244 g/mol. The first-order valence-corrected chi connectivity index (χ1v) is 8.27. The molecule has 0 amide bonds. The van der Waals surface area contributed by atoms with Crippen LogP contribution in [0.25, 0.3) is 0 Å². The van der Waals surface area contributed by atoms with Crippen molar-refractivity contribution in [3.05, 3.63) is 35.9 Å². The van der Waals surface area contributed by atoms with E-state index in [2.05, 4.69) is 61.3 Å². The molecule has 0 aromatic heterocycles. The Morgan fingerprint density at radius 3 is 2.65 bits per heavy atom. The van der Waals surface area contributed by atoms with Crippen LogP contribution in [-0.2, 0) is 0 Å². The smallest absolute Gasteiger partial charge is 0.0449 e. The van der Waals surface area contributed by atoms with Crippen LogP contribution in [0.1, 0.15) is 51.6 Å². The van der Waals surface area contributed by atoms with E-state index in [9.17, 15) is 0 Å². The fraction of sp³-hybridized carbons (Fsp3) is 0.667. The monoisotopic (exact) mass is 274 g/mol. The lowest BCUT2D eigenvalue weighted by Crippen LogP contribution is -2.53. The van der Waals surface area contributed by atoms with Gasteiger partial charge in [-0.2, -0.15) is 0 Å². The topological polar surface area (TPSA) is 15.3 Å². The highest BCUT2D eigenvalue weighted by Crippen LogP contribution is 2.22. The van der Waals surface area contributed by atoms with Crippen LogP contribution in [-0.4, -0.2) is 30.6 Å². The van der Waals surface area contributed by atoms with Gasteiger partial charge < -0.3 is 5.32 Å². The van der Waals surface area contributed by atoms with Crippen molar-refractivity contribution in [3.63, 3.8) is 0 Å². The lowest BCUT2D eigenvalue weighted by atomic mass is 9.98. The molecule has 1 saturated heterocycles. The molecule has 1 aliphatic heterocycles. The number of rotatable bonds is 6. The second kappa shape index (κ2) is 7.80. The van der Waals surface area contributed by atoms with Crippen molar-refractivity contribution in [1.82, 2.24) is 10.2 Å². The molecule has 20 heavy (non-hydrogen) atoms. The van der Waals surface area contributed by atoms with Gasteiger partial charge in [-0.1, -0.05) is 57.5 Å². The minimum absolute atomic E-state index is 0.493. The summed E-state index contributed by atoms with van der Waals surface area (Å²) in [5, 5.41) is 3.73. The summed E-state index contributed by atoms with van der Waals surface area (Å²) < 4.78 is 0. The third kappa shape index (κ3) is 4.07. The van der Waals surface area contributed by atoms with Crippen LogP contribution in [0.5, 0.6) is 0 Å². The summed E-state index contributed by atoms with van der Waals surface area (Å²) in [7, 11) is 0. The second-order valence-electron chi connectivity index (χ2n) is 6.28. The third-order valence-corrected chi connectivity index (χ3v) is 4.53. The molecule has 1 fully saturated rings. The van der Waals surface area contributed by atoms with E-state index in [0.29, 0.717) is 12.1 Å². The van der Waals surface area contributed by atoms with Crippen LogP contribution in [0.4, 0.5) is 0 Å². The van der Waals surface area contributed by atoms with Crippen molar-refractivity contribution < 1.29 is 0 Å². The van der Waals surface area contributed by atoms with Crippen LogP contribution >= 0.6 is 0 Å². The van der Waals surface area contributed by atoms with E-state index in [1.54, 1.807) is 0 Å². The molecule has 112 valence electrons. The molecule has 1 aromatic carbocycles. The minimum Gasteiger partial charge on any atom is -0.307 e. The van der Waals surface area contributed by atoms with Crippen LogP contribution in [0.2, 0.25) is 0 Å². The molecule has 0 saturated carbocycles. The lowest BCUT2D eigenvalue weighted by Gasteiger charge is -2.41. The van der Waals surface area contributed by atoms with Crippen molar-refractivity contribution in [2.24, 2.45) is 5.92 Å². The predicted molar refractivity (Wildman–Crippen MR) is 86.9 cm³/mol. The van der Waals surface area contributed by atoms with Crippen molar-refractivity contribution in [1.29, 1.82) is 0 Å². The highest BCUT2D eigenvalue weighted by atomic mass is 15.2. The summed E-state index contributed by atoms with van der Waals surface area (Å²) in [6.07, 6.45) is 3.88. The normalized spacial score (nSPS) is 25.6. The standard InChI is InChI=1S/C18H30N2/c1-4-9-15(3)13-20-14-18(19-12-17(20)5-2)16-10-7-6-8-11-16/h6-8,10-11,15,17-19H,4-5,9,12-14H2,1-3H3. The van der Waals surface area contributed by atoms with Gasteiger partial charge in [-0.15, -0.1) is 0 Å². The molecule has 0 spiro atoms. The van der Waals surface area contributed by atoms with E-state index < -0.39 is 0 Å². The van der Waals surface area contributed by atoms with E-state index in [0.717, 1.165) is 19.0 Å². The minimum atomic E-state index is 0.493. The summed E-state index contributed by atoms with van der Waals surface area (Å²) in [6, 6.07) is 12.1. The lowest BCUT2D eigenvalue weighted by molar-refractivity contribution is 0.108. The molecule has 0 radical (unpaired) electrons. The van der Waals surface area contributed by atoms with Crippen molar-refractivity contribution >= 4 is 0 Å². The van der Waals surface area contributed by atoms with E-state index in [1.807, 2.05) is 0 Å². The zero-order chi connectivity index (χ0) is 14.4. The maximum atomic E-state index is 3.73. The first kappa shape index (κ1) is 15.5. The van der Waals surface area contributed by atoms with Gasteiger partial charge in [0.2, 0.25) is 0 Å². The SMILES string of the molecule is CCCC(C)CN1CC(c2ccccc2)NCC1CC. The van der Waals surface area contributed by atoms with Crippen LogP contribution < -0.4 is 5.32 Å². The molecule has 1 aromatic rings. The van der Waals surface area contributed by atoms with E-state index >= 15 is 0 Å². The van der Waals surface area contributed by atoms with Gasteiger partial charge in [0.25, 0.3) is 0 Å². The number of piperazine rings is 1. The summed E-state index contributed by atoms with van der Waals surface area (Å²) in [5.74, 6) is 0.809. The van der Waals surface area contributed by atoms with Crippen LogP contribution in [0, 0.1) is 5.92 Å². The molecule has 2 nitrogen and oxygen atoms in total. The summed E-state index contributed by atoms with van der Waals surface area (Å²) in [4.78, 5) is 2.72. The Labute approximate surface area is 124 Å². The van der Waals surface area contributed by atoms with Gasteiger partial charge in [0.05, 0.1) is 0 Å². The van der Waals surface area contributed by atoms with Crippen LogP contribution in [0.15, 0.2) is 30.3 Å². The van der Waals surface area contributed by atoms with E-state index in [4.69, 9.17) is 0 Å². The van der Waals surface area contributed by atoms with Gasteiger partial charge in [-0.3, -0.25) is 4.90 Å². The Bertz CT molecular complexity index is 376. The van der Waals surface area contributed by atoms with Gasteiger partial charge in [0.1, 0.15) is 0 Å². The number of hydrogen-bond acceptors (Lipinski definition) is 2. The zero-order valence-corrected chi connectivity index (χ0v) is 13.3. The van der Waals surface area contributed by atoms with Gasteiger partial charge in [0.15, 0.2) is 0 Å². The van der Waals surface area contributed by atoms with Gasteiger partial charge >= 0.3 is 0 Å². The Balaban J connectivity index is 2.00. The van der Waals surface area contributed by atoms with E-state index in [1.165, 1.54) is 31.4 Å². The Morgan fingerprint density at radius 2 is 2.00 bits per heavy atom. The largest absolute Gasteiger partial charge is 0.307 e. The molecule has 1 N–H and O–H groups in total. The maximum Gasteiger partial charge on any atom is 0.0449 e. The predicted octanol–water partition coefficient (Wildman–Crippen LogP) is 3.85. The Morgan fingerprint density at radius 1 is 1.25 bits per heavy atom. The molecule has 0 bridgehead atoms. The van der Waals surface area contributed by atoms with E-state index in [-0.39, 0.29) is 0 Å². The number of nitrogens with zero attached hydrogens (tertiary/aromatic N) is 1. The molecule has 2 rings (SSSR count). The molecule has 1 heterocycles. The molecular formula is C18H30N2. The zero-order valence-electron chi connectivity index (χ0n) is 13.3. The van der Waals surface area contributed by atoms with Crippen molar-refractivity contribution in [2.45, 2.75) is 52.1 Å². The second-order valence-corrected chi connectivity index (χ2v) is 6.28. The first-order chi connectivity index (χ1) is 9.74. The van der Waals surface area contributed by atoms with Gasteiger partial charge in [-0.05, 0) is 24.3 Å². The average Bonchev–Trinajstić information content (AvgIpc) is 2.48. The Kier molecular flexibility index (Phi) is 6.06. The van der Waals surface area contributed by atoms with Crippen LogP contribution in [0.3, 0.4) is 0 Å². The average molecular weight is 274 g/mol. The Hall–Kier alpha value is -0.860. The fourth-order valence-corrected chi connectivity index (χ4v) is 3.37. The molecule has 2 heteroatoms. The molecule has 0 aliphatic carbocycles. The van der Waals surface area contributed by atoms with Crippen molar-refractivity contribution in [2.75, 3.05) is 19.6 Å². The highest BCUT2D eigenvalue weighted by molar-refractivity contribution is 5.20.